The summed E-state index contributed by atoms with van der Waals surface area (Å²) in [5.74, 6) is -1.36. The Bertz CT molecular complexity index is 1490. The molecule has 1 aromatic carbocycles. The molecule has 1 spiro atoms. The van der Waals surface area contributed by atoms with Crippen molar-refractivity contribution in [2.75, 3.05) is 41.3 Å². The molecule has 4 heterocycles. The lowest BCUT2D eigenvalue weighted by atomic mass is 9.93. The van der Waals surface area contributed by atoms with Crippen molar-refractivity contribution in [2.24, 2.45) is 10.6 Å². The van der Waals surface area contributed by atoms with Crippen LogP contribution >= 0.6 is 0 Å². The summed E-state index contributed by atoms with van der Waals surface area (Å²) < 4.78 is 52.0. The van der Waals surface area contributed by atoms with Crippen molar-refractivity contribution in [3.8, 4) is 0 Å². The van der Waals surface area contributed by atoms with Crippen LogP contribution in [0.3, 0.4) is 0 Å². The van der Waals surface area contributed by atoms with E-state index in [1.165, 1.54) is 25.2 Å². The van der Waals surface area contributed by atoms with Crippen molar-refractivity contribution < 1.29 is 17.2 Å². The van der Waals surface area contributed by atoms with Crippen molar-refractivity contribution in [3.05, 3.63) is 30.2 Å². The van der Waals surface area contributed by atoms with E-state index in [2.05, 4.69) is 30.2 Å². The van der Waals surface area contributed by atoms with E-state index in [9.17, 15) is 17.2 Å². The Labute approximate surface area is 219 Å². The zero-order chi connectivity index (χ0) is 26.7. The molecular formula is C25H30F2N8O2S. The van der Waals surface area contributed by atoms with Gasteiger partial charge in [0.1, 0.15) is 18.0 Å². The summed E-state index contributed by atoms with van der Waals surface area (Å²) in [5, 5.41) is 9.44. The molecule has 0 amide bonds. The lowest BCUT2D eigenvalue weighted by Crippen LogP contribution is -2.40. The van der Waals surface area contributed by atoms with Crippen LogP contribution in [0.4, 0.5) is 32.1 Å². The fraction of sp³-hybridized carbons (Fsp3) is 0.520. The summed E-state index contributed by atoms with van der Waals surface area (Å²) in [6.45, 7) is 3.76. The Morgan fingerprint density at radius 2 is 1.61 bits per heavy atom. The third-order valence-corrected chi connectivity index (χ3v) is 8.90. The zero-order valence-electron chi connectivity index (χ0n) is 21.1. The van der Waals surface area contributed by atoms with Crippen molar-refractivity contribution in [1.29, 1.82) is 0 Å². The average molecular weight is 545 g/mol. The van der Waals surface area contributed by atoms with E-state index in [1.807, 2.05) is 6.92 Å². The van der Waals surface area contributed by atoms with Gasteiger partial charge in [-0.15, -0.1) is 0 Å². The first-order valence-corrected chi connectivity index (χ1v) is 14.4. The van der Waals surface area contributed by atoms with Crippen molar-refractivity contribution in [3.63, 3.8) is 0 Å². The fourth-order valence-corrected chi connectivity index (χ4v) is 6.02. The van der Waals surface area contributed by atoms with Crippen LogP contribution in [0.1, 0.15) is 44.2 Å². The van der Waals surface area contributed by atoms with Gasteiger partial charge in [-0.1, -0.05) is 0 Å². The highest BCUT2D eigenvalue weighted by Crippen LogP contribution is 2.54. The number of rotatable bonds is 5. The van der Waals surface area contributed by atoms with Crippen LogP contribution in [0, 0.1) is 12.3 Å². The Morgan fingerprint density at radius 1 is 0.921 bits per heavy atom. The van der Waals surface area contributed by atoms with Crippen LogP contribution in [-0.4, -0.2) is 60.5 Å². The second kappa shape index (κ2) is 8.94. The first-order chi connectivity index (χ1) is 18.0. The van der Waals surface area contributed by atoms with E-state index in [0.717, 1.165) is 25.9 Å². The Morgan fingerprint density at radius 3 is 2.26 bits per heavy atom. The maximum Gasteiger partial charge on any atom is 0.251 e. The first-order valence-electron chi connectivity index (χ1n) is 12.8. The number of fused-ring (bicyclic) bond motifs is 1. The summed E-state index contributed by atoms with van der Waals surface area (Å²) in [5.41, 5.74) is 2.26. The van der Waals surface area contributed by atoms with Crippen LogP contribution in [0.2, 0.25) is 0 Å². The van der Waals surface area contributed by atoms with Crippen LogP contribution in [-0.2, 0) is 10.0 Å². The summed E-state index contributed by atoms with van der Waals surface area (Å²) in [7, 11) is -3.96. The largest absolute Gasteiger partial charge is 0.371 e. The number of nitrogens with two attached hydrogens (primary N) is 1. The summed E-state index contributed by atoms with van der Waals surface area (Å²) >= 11 is 0. The minimum atomic E-state index is -3.96. The van der Waals surface area contributed by atoms with Gasteiger partial charge in [0, 0.05) is 50.8 Å². The molecule has 38 heavy (non-hydrogen) atoms. The maximum absolute atomic E-state index is 13.7. The maximum atomic E-state index is 13.7. The molecule has 0 radical (unpaired) electrons. The van der Waals surface area contributed by atoms with E-state index < -0.39 is 15.9 Å². The van der Waals surface area contributed by atoms with Crippen molar-refractivity contribution >= 4 is 44.2 Å². The molecule has 0 unspecified atom stereocenters. The van der Waals surface area contributed by atoms with E-state index in [4.69, 9.17) is 5.14 Å². The molecule has 3 N–H and O–H groups in total. The van der Waals surface area contributed by atoms with Crippen LogP contribution < -0.4 is 20.3 Å². The number of hydrogen-bond acceptors (Lipinski definition) is 9. The molecule has 1 saturated carbocycles. The third-order valence-electron chi connectivity index (χ3n) is 8.01. The molecule has 6 rings (SSSR count). The average Bonchev–Trinajstić information content (AvgIpc) is 3.61. The number of piperidine rings is 2. The minimum absolute atomic E-state index is 0.00146. The monoisotopic (exact) mass is 544 g/mol. The van der Waals surface area contributed by atoms with Gasteiger partial charge in [0.15, 0.2) is 0 Å². The zero-order valence-corrected chi connectivity index (χ0v) is 21.9. The molecule has 2 aliphatic heterocycles. The lowest BCUT2D eigenvalue weighted by molar-refractivity contribution is -0.0222. The summed E-state index contributed by atoms with van der Waals surface area (Å²) in [4.78, 5) is 21.9. The molecule has 13 heteroatoms. The normalized spacial score (nSPS) is 20.6. The van der Waals surface area contributed by atoms with Gasteiger partial charge in [-0.2, -0.15) is 4.98 Å². The van der Waals surface area contributed by atoms with Crippen molar-refractivity contribution in [1.82, 2.24) is 19.9 Å². The molecular weight excluding hydrogens is 514 g/mol. The first kappa shape index (κ1) is 25.1. The highest BCUT2D eigenvalue weighted by atomic mass is 32.2. The second-order valence-corrected chi connectivity index (χ2v) is 12.3. The number of anilines is 4. The van der Waals surface area contributed by atoms with Crippen LogP contribution in [0.15, 0.2) is 29.4 Å². The number of nitrogens with one attached hydrogen (secondary N) is 1. The van der Waals surface area contributed by atoms with E-state index in [1.54, 1.807) is 17.0 Å². The van der Waals surface area contributed by atoms with E-state index in [-0.39, 0.29) is 30.8 Å². The van der Waals surface area contributed by atoms with Crippen LogP contribution in [0.25, 0.3) is 10.9 Å². The van der Waals surface area contributed by atoms with Gasteiger partial charge in [0.25, 0.3) is 5.92 Å². The smallest absolute Gasteiger partial charge is 0.251 e. The number of primary sulfonamides is 1. The number of halogens is 2. The fourth-order valence-electron chi connectivity index (χ4n) is 5.47. The molecule has 3 fully saturated rings. The van der Waals surface area contributed by atoms with Gasteiger partial charge >= 0.3 is 0 Å². The molecule has 2 aromatic heterocycles. The number of hydrogen-bond donors (Lipinski definition) is 2. The predicted octanol–water partition coefficient (Wildman–Crippen LogP) is 3.74. The second-order valence-electron chi connectivity index (χ2n) is 10.8. The Balaban J connectivity index is 1.38. The SMILES string of the molecule is Cc1cc(Nc2ncnc3cc(S(N)(=O)=O)cc(N4CCC5(CC4)CC5)c23)nc(N2CCC(F)(F)CC2)n1. The standard InChI is InChI=1S/C25H30F2N8O2S/c1-16-12-20(33-23(31-16)35-10-6-25(26,27)7-11-35)32-22-21-18(29-15-30-22)13-17(38(28,36)37)14-19(21)34-8-4-24(2-3-24)5-9-34/h12-15H,2-11H2,1H3,(H2,28,36,37)(H,29,30,31,32,33). The van der Waals surface area contributed by atoms with Crippen molar-refractivity contribution in [2.45, 2.75) is 56.3 Å². The number of aryl methyl sites for hydroxylation is 1. The number of aromatic nitrogens is 4. The molecule has 1 aliphatic carbocycles. The molecule has 202 valence electrons. The molecule has 2 saturated heterocycles. The summed E-state index contributed by atoms with van der Waals surface area (Å²) in [6.07, 6.45) is 5.48. The van der Waals surface area contributed by atoms with Gasteiger partial charge in [0.2, 0.25) is 16.0 Å². The molecule has 0 bridgehead atoms. The summed E-state index contributed by atoms with van der Waals surface area (Å²) in [6, 6.07) is 4.81. The number of nitrogens with zero attached hydrogens (tertiary/aromatic N) is 6. The molecule has 3 aliphatic rings. The number of benzene rings is 1. The highest BCUT2D eigenvalue weighted by molar-refractivity contribution is 7.89. The molecule has 3 aromatic rings. The van der Waals surface area contributed by atoms with E-state index >= 15 is 0 Å². The topological polar surface area (TPSA) is 130 Å². The third kappa shape index (κ3) is 4.96. The quantitative estimate of drug-likeness (QED) is 0.493. The van der Waals surface area contributed by atoms with Gasteiger partial charge < -0.3 is 15.1 Å². The molecule has 0 atom stereocenters. The number of alkyl halides is 2. The van der Waals surface area contributed by atoms with Gasteiger partial charge in [-0.3, -0.25) is 0 Å². The lowest BCUT2D eigenvalue weighted by Gasteiger charge is -2.35. The Hall–Kier alpha value is -3.19. The van der Waals surface area contributed by atoms with E-state index in [0.29, 0.717) is 45.3 Å². The van der Waals surface area contributed by atoms with Gasteiger partial charge in [0.05, 0.1) is 21.5 Å². The van der Waals surface area contributed by atoms with Gasteiger partial charge in [-0.05, 0) is 50.2 Å². The molecule has 10 nitrogen and oxygen atoms in total. The highest BCUT2D eigenvalue weighted by Gasteiger charge is 2.44. The minimum Gasteiger partial charge on any atom is -0.371 e. The van der Waals surface area contributed by atoms with Gasteiger partial charge in [-0.25, -0.2) is 37.3 Å². The Kier molecular flexibility index (Phi) is 5.91. The predicted molar refractivity (Wildman–Crippen MR) is 140 cm³/mol. The van der Waals surface area contributed by atoms with Crippen LogP contribution in [0.5, 0.6) is 0 Å². The number of sulfonamides is 1.